The molecule has 0 radical (unpaired) electrons. The van der Waals surface area contributed by atoms with E-state index in [2.05, 4.69) is 11.8 Å². The minimum absolute atomic E-state index is 0.00480. The normalized spacial score (nSPS) is 9.38. The van der Waals surface area contributed by atoms with Gasteiger partial charge in [0.2, 0.25) is 0 Å². The summed E-state index contributed by atoms with van der Waals surface area (Å²) in [6.45, 7) is 0.644. The summed E-state index contributed by atoms with van der Waals surface area (Å²) in [4.78, 5) is 0. The maximum Gasteiger partial charge on any atom is 0.144 e. The number of hydrogen-bond acceptors (Lipinski definition) is 3. The predicted octanol–water partition coefficient (Wildman–Crippen LogP) is 2.59. The molecule has 21 heavy (non-hydrogen) atoms. The quantitative estimate of drug-likeness (QED) is 0.879. The third-order valence-corrected chi connectivity index (χ3v) is 2.76. The number of hydrogen-bond donors (Lipinski definition) is 1. The Morgan fingerprint density at radius 2 is 1.90 bits per heavy atom. The zero-order chi connectivity index (χ0) is 15.1. The molecule has 0 atom stereocenters. The summed E-state index contributed by atoms with van der Waals surface area (Å²) < 4.78 is 18.9. The van der Waals surface area contributed by atoms with Crippen LogP contribution >= 0.6 is 0 Å². The number of nitrogens with two attached hydrogens (primary N) is 1. The molecule has 0 aromatic heterocycles. The van der Waals surface area contributed by atoms with Crippen LogP contribution in [0.15, 0.2) is 42.5 Å². The summed E-state index contributed by atoms with van der Waals surface area (Å²) >= 11 is 0. The van der Waals surface area contributed by atoms with Gasteiger partial charge >= 0.3 is 0 Å². The number of benzene rings is 2. The summed E-state index contributed by atoms with van der Waals surface area (Å²) in [5, 5.41) is 8.66. The maximum atomic E-state index is 13.4. The van der Waals surface area contributed by atoms with Gasteiger partial charge in [0.15, 0.2) is 0 Å². The fourth-order valence-electron chi connectivity index (χ4n) is 1.68. The van der Waals surface area contributed by atoms with Crippen molar-refractivity contribution in [3.8, 4) is 23.7 Å². The zero-order valence-corrected chi connectivity index (χ0v) is 11.3. The van der Waals surface area contributed by atoms with Crippen molar-refractivity contribution in [3.63, 3.8) is 0 Å². The molecule has 0 fully saturated rings. The standard InChI is InChI=1S/C17H13FN2O/c18-17-10-16(8-7-15(17)11-20)21-12-14-5-3-13(4-6-14)2-1-9-19/h3-8,10H,9,12,19H2. The zero-order valence-electron chi connectivity index (χ0n) is 11.3. The summed E-state index contributed by atoms with van der Waals surface area (Å²) in [6, 6.07) is 13.5. The van der Waals surface area contributed by atoms with Gasteiger partial charge in [-0.3, -0.25) is 0 Å². The van der Waals surface area contributed by atoms with E-state index in [-0.39, 0.29) is 5.56 Å². The molecule has 4 heteroatoms. The Hall–Kier alpha value is -2.82. The summed E-state index contributed by atoms with van der Waals surface area (Å²) in [5.41, 5.74) is 7.14. The monoisotopic (exact) mass is 280 g/mol. The van der Waals surface area contributed by atoms with E-state index >= 15 is 0 Å². The van der Waals surface area contributed by atoms with Crippen LogP contribution in [0.2, 0.25) is 0 Å². The highest BCUT2D eigenvalue weighted by Gasteiger charge is 2.03. The van der Waals surface area contributed by atoms with E-state index in [0.717, 1.165) is 11.1 Å². The molecule has 0 amide bonds. The average Bonchev–Trinajstić information content (AvgIpc) is 2.52. The van der Waals surface area contributed by atoms with Crippen molar-refractivity contribution in [3.05, 3.63) is 65.0 Å². The van der Waals surface area contributed by atoms with Crippen LogP contribution in [0.1, 0.15) is 16.7 Å². The lowest BCUT2D eigenvalue weighted by atomic mass is 10.1. The highest BCUT2D eigenvalue weighted by molar-refractivity contribution is 5.37. The summed E-state index contributed by atoms with van der Waals surface area (Å²) in [5.74, 6) is 5.51. The molecule has 0 aliphatic carbocycles. The molecule has 2 N–H and O–H groups in total. The molecule has 0 unspecified atom stereocenters. The van der Waals surface area contributed by atoms with E-state index in [1.165, 1.54) is 12.1 Å². The van der Waals surface area contributed by atoms with Gasteiger partial charge in [0, 0.05) is 11.6 Å². The van der Waals surface area contributed by atoms with E-state index in [9.17, 15) is 4.39 Å². The fraction of sp³-hybridized carbons (Fsp3) is 0.118. The van der Waals surface area contributed by atoms with Gasteiger partial charge in [0.25, 0.3) is 0 Å². The van der Waals surface area contributed by atoms with Gasteiger partial charge < -0.3 is 10.5 Å². The van der Waals surface area contributed by atoms with Crippen LogP contribution in [0.4, 0.5) is 4.39 Å². The first kappa shape index (κ1) is 14.6. The second-order valence-corrected chi connectivity index (χ2v) is 4.24. The van der Waals surface area contributed by atoms with Crippen LogP contribution in [0.3, 0.4) is 0 Å². The third kappa shape index (κ3) is 4.07. The smallest absolute Gasteiger partial charge is 0.144 e. The lowest BCUT2D eigenvalue weighted by Gasteiger charge is -2.07. The first-order valence-corrected chi connectivity index (χ1v) is 6.33. The number of nitrogens with zero attached hydrogens (tertiary/aromatic N) is 1. The Morgan fingerprint density at radius 3 is 2.52 bits per heavy atom. The van der Waals surface area contributed by atoms with Gasteiger partial charge in [-0.15, -0.1) is 0 Å². The van der Waals surface area contributed by atoms with Gasteiger partial charge in [-0.25, -0.2) is 4.39 Å². The van der Waals surface area contributed by atoms with E-state index in [1.807, 2.05) is 24.3 Å². The SMILES string of the molecule is N#Cc1ccc(OCc2ccc(C#CCN)cc2)cc1F. The van der Waals surface area contributed by atoms with Crippen molar-refractivity contribution in [2.45, 2.75) is 6.61 Å². The van der Waals surface area contributed by atoms with E-state index in [1.54, 1.807) is 12.1 Å². The van der Waals surface area contributed by atoms with Crippen LogP contribution in [-0.2, 0) is 6.61 Å². The lowest BCUT2D eigenvalue weighted by Crippen LogP contribution is -1.96. The predicted molar refractivity (Wildman–Crippen MR) is 77.8 cm³/mol. The van der Waals surface area contributed by atoms with Crippen molar-refractivity contribution in [1.29, 1.82) is 5.26 Å². The molecule has 0 bridgehead atoms. The topological polar surface area (TPSA) is 59.0 Å². The van der Waals surface area contributed by atoms with Crippen molar-refractivity contribution < 1.29 is 9.13 Å². The van der Waals surface area contributed by atoms with Crippen LogP contribution in [0.25, 0.3) is 0 Å². The third-order valence-electron chi connectivity index (χ3n) is 2.76. The lowest BCUT2D eigenvalue weighted by molar-refractivity contribution is 0.304. The average molecular weight is 280 g/mol. The molecule has 0 aliphatic rings. The Morgan fingerprint density at radius 1 is 1.14 bits per heavy atom. The van der Waals surface area contributed by atoms with Crippen LogP contribution in [0.5, 0.6) is 5.75 Å². The maximum absolute atomic E-state index is 13.4. The van der Waals surface area contributed by atoms with Crippen molar-refractivity contribution >= 4 is 0 Å². The second kappa shape index (κ2) is 7.09. The van der Waals surface area contributed by atoms with Crippen molar-refractivity contribution in [2.75, 3.05) is 6.54 Å². The van der Waals surface area contributed by atoms with E-state index < -0.39 is 5.82 Å². The fourth-order valence-corrected chi connectivity index (χ4v) is 1.68. The summed E-state index contributed by atoms with van der Waals surface area (Å²) in [7, 11) is 0. The minimum atomic E-state index is -0.581. The van der Waals surface area contributed by atoms with Gasteiger partial charge in [0.1, 0.15) is 24.2 Å². The van der Waals surface area contributed by atoms with Gasteiger partial charge in [0.05, 0.1) is 12.1 Å². The highest BCUT2D eigenvalue weighted by Crippen LogP contribution is 2.17. The Balaban J connectivity index is 2.00. The molecular formula is C17H13FN2O. The first-order chi connectivity index (χ1) is 10.2. The molecule has 2 aromatic carbocycles. The number of halogens is 1. The van der Waals surface area contributed by atoms with Crippen molar-refractivity contribution in [1.82, 2.24) is 0 Å². The van der Waals surface area contributed by atoms with E-state index in [4.69, 9.17) is 15.7 Å². The Labute approximate surface area is 122 Å². The van der Waals surface area contributed by atoms with Crippen LogP contribution < -0.4 is 10.5 Å². The molecule has 0 saturated carbocycles. The molecule has 0 heterocycles. The molecule has 2 aromatic rings. The minimum Gasteiger partial charge on any atom is -0.489 e. The first-order valence-electron chi connectivity index (χ1n) is 6.33. The highest BCUT2D eigenvalue weighted by atomic mass is 19.1. The van der Waals surface area contributed by atoms with Gasteiger partial charge in [-0.05, 0) is 29.8 Å². The molecule has 104 valence electrons. The Bertz CT molecular complexity index is 721. The van der Waals surface area contributed by atoms with Crippen molar-refractivity contribution in [2.24, 2.45) is 5.73 Å². The molecule has 3 nitrogen and oxygen atoms in total. The Kier molecular flexibility index (Phi) is 4.93. The molecule has 0 aliphatic heterocycles. The second-order valence-electron chi connectivity index (χ2n) is 4.24. The van der Waals surface area contributed by atoms with Crippen LogP contribution in [0, 0.1) is 29.0 Å². The molecule has 0 spiro atoms. The van der Waals surface area contributed by atoms with Gasteiger partial charge in [-0.2, -0.15) is 5.26 Å². The largest absolute Gasteiger partial charge is 0.489 e. The van der Waals surface area contributed by atoms with Crippen LogP contribution in [-0.4, -0.2) is 6.54 Å². The molecule has 0 saturated heterocycles. The number of rotatable bonds is 3. The van der Waals surface area contributed by atoms with E-state index in [0.29, 0.717) is 18.9 Å². The molecule has 2 rings (SSSR count). The number of ether oxygens (including phenoxy) is 1. The summed E-state index contributed by atoms with van der Waals surface area (Å²) in [6.07, 6.45) is 0. The molecular weight excluding hydrogens is 267 g/mol. The number of nitriles is 1. The van der Waals surface area contributed by atoms with Gasteiger partial charge in [-0.1, -0.05) is 24.0 Å².